The van der Waals surface area contributed by atoms with Crippen molar-refractivity contribution in [2.24, 2.45) is 5.10 Å². The van der Waals surface area contributed by atoms with Crippen molar-refractivity contribution in [2.45, 2.75) is 32.9 Å². The number of pyridine rings is 1. The number of hydrazone groups is 1. The van der Waals surface area contributed by atoms with Gasteiger partial charge in [0.05, 0.1) is 17.3 Å². The molecule has 2 heterocycles. The largest absolute Gasteiger partial charge is 0.357 e. The van der Waals surface area contributed by atoms with E-state index in [4.69, 9.17) is 33.9 Å². The van der Waals surface area contributed by atoms with Gasteiger partial charge in [-0.2, -0.15) is 5.10 Å². The molecule has 1 N–H and O–H groups in total. The van der Waals surface area contributed by atoms with Crippen LogP contribution in [0.2, 0.25) is 5.15 Å². The number of benzene rings is 3. The van der Waals surface area contributed by atoms with Crippen LogP contribution in [0.5, 0.6) is 0 Å². The lowest BCUT2D eigenvalue weighted by Gasteiger charge is -2.25. The summed E-state index contributed by atoms with van der Waals surface area (Å²) in [6.45, 7) is 4.77. The summed E-state index contributed by atoms with van der Waals surface area (Å²) in [6.07, 6.45) is 0.690. The van der Waals surface area contributed by atoms with Crippen LogP contribution in [0.4, 0.5) is 0 Å². The Morgan fingerprint density at radius 3 is 2.62 bits per heavy atom. The number of hydrogen-bond acceptors (Lipinski definition) is 3. The summed E-state index contributed by atoms with van der Waals surface area (Å²) < 4.78 is 0. The Bertz CT molecular complexity index is 1400. The highest BCUT2D eigenvalue weighted by molar-refractivity contribution is 7.80. The van der Waals surface area contributed by atoms with Gasteiger partial charge >= 0.3 is 0 Å². The predicted molar refractivity (Wildman–Crippen MR) is 144 cm³/mol. The molecule has 3 aromatic carbocycles. The first-order chi connectivity index (χ1) is 16.5. The van der Waals surface area contributed by atoms with Gasteiger partial charge in [-0.1, -0.05) is 90.0 Å². The second kappa shape index (κ2) is 9.53. The lowest BCUT2D eigenvalue weighted by atomic mass is 9.97. The fraction of sp³-hybridized carbons (Fsp3) is 0.179. The third-order valence-corrected chi connectivity index (χ3v) is 6.78. The molecule has 1 atom stereocenters. The first-order valence-corrected chi connectivity index (χ1v) is 12.1. The Hall–Kier alpha value is -3.28. The highest BCUT2D eigenvalue weighted by atomic mass is 35.5. The zero-order valence-electron chi connectivity index (χ0n) is 19.1. The summed E-state index contributed by atoms with van der Waals surface area (Å²) in [5, 5.41) is 12.4. The van der Waals surface area contributed by atoms with Crippen molar-refractivity contribution >= 4 is 45.5 Å². The van der Waals surface area contributed by atoms with Crippen LogP contribution in [0.25, 0.3) is 10.9 Å². The maximum absolute atomic E-state index is 6.76. The molecule has 6 heteroatoms. The average Bonchev–Trinajstić information content (AvgIpc) is 3.29. The van der Waals surface area contributed by atoms with Crippen LogP contribution in [-0.4, -0.2) is 20.8 Å². The smallest absolute Gasteiger partial charge is 0.190 e. The monoisotopic (exact) mass is 484 g/mol. The fourth-order valence-corrected chi connectivity index (χ4v) is 4.87. The fourth-order valence-electron chi connectivity index (χ4n) is 4.37. The standard InChI is InChI=1S/C28H25ClN4S/c1-18-8-6-12-21(14-18)24-16-25(23-15-22-13-7-9-19(2)26(22)31-27(23)29)33(32-24)28(34)30-17-20-10-4-3-5-11-20/h3-15,25H,16-17H2,1-2H3,(H,30,34)/t25-/m0/s1. The van der Waals surface area contributed by atoms with E-state index in [1.54, 1.807) is 0 Å². The molecule has 0 saturated heterocycles. The predicted octanol–water partition coefficient (Wildman–Crippen LogP) is 6.73. The SMILES string of the molecule is Cc1cccc(C2=NN(C(=S)NCc3ccccc3)[C@H](c3cc4cccc(C)c4nc3Cl)C2)c1. The molecule has 4 aromatic rings. The Balaban J connectivity index is 1.51. The number of aryl methyl sites for hydroxylation is 2. The molecule has 0 aliphatic carbocycles. The van der Waals surface area contributed by atoms with Gasteiger partial charge in [-0.25, -0.2) is 9.99 Å². The number of halogens is 1. The molecular formula is C28H25ClN4S. The van der Waals surface area contributed by atoms with Gasteiger partial charge in [0.1, 0.15) is 5.15 Å². The van der Waals surface area contributed by atoms with E-state index in [-0.39, 0.29) is 6.04 Å². The van der Waals surface area contributed by atoms with Crippen molar-refractivity contribution < 1.29 is 0 Å². The summed E-state index contributed by atoms with van der Waals surface area (Å²) in [4.78, 5) is 4.74. The Labute approximate surface area is 210 Å². The van der Waals surface area contributed by atoms with Crippen molar-refractivity contribution in [3.05, 3.63) is 112 Å². The first kappa shape index (κ1) is 22.5. The normalized spacial score (nSPS) is 15.4. The van der Waals surface area contributed by atoms with Gasteiger partial charge in [0.15, 0.2) is 5.11 Å². The molecule has 1 aromatic heterocycles. The van der Waals surface area contributed by atoms with Gasteiger partial charge in [-0.05, 0) is 48.8 Å². The van der Waals surface area contributed by atoms with Crippen LogP contribution in [0.1, 0.15) is 40.3 Å². The third kappa shape index (κ3) is 4.54. The minimum Gasteiger partial charge on any atom is -0.357 e. The number of nitrogens with zero attached hydrogens (tertiary/aromatic N) is 3. The van der Waals surface area contributed by atoms with E-state index in [0.717, 1.165) is 38.9 Å². The Morgan fingerprint density at radius 2 is 1.82 bits per heavy atom. The summed E-state index contributed by atoms with van der Waals surface area (Å²) >= 11 is 12.6. The molecule has 0 unspecified atom stereocenters. The van der Waals surface area contributed by atoms with Crippen molar-refractivity contribution in [3.8, 4) is 0 Å². The highest BCUT2D eigenvalue weighted by Crippen LogP contribution is 2.37. The van der Waals surface area contributed by atoms with Crippen molar-refractivity contribution in [1.29, 1.82) is 0 Å². The van der Waals surface area contributed by atoms with E-state index in [1.807, 2.05) is 29.3 Å². The van der Waals surface area contributed by atoms with E-state index in [1.165, 1.54) is 5.56 Å². The molecule has 0 saturated carbocycles. The first-order valence-electron chi connectivity index (χ1n) is 11.3. The van der Waals surface area contributed by atoms with Crippen molar-refractivity contribution in [3.63, 3.8) is 0 Å². The van der Waals surface area contributed by atoms with Gasteiger partial charge in [0.2, 0.25) is 0 Å². The average molecular weight is 485 g/mol. The maximum Gasteiger partial charge on any atom is 0.190 e. The van der Waals surface area contributed by atoms with Gasteiger partial charge in [0, 0.05) is 23.9 Å². The van der Waals surface area contributed by atoms with Crippen LogP contribution in [0.15, 0.2) is 84.0 Å². The highest BCUT2D eigenvalue weighted by Gasteiger charge is 2.33. The van der Waals surface area contributed by atoms with E-state index < -0.39 is 0 Å². The topological polar surface area (TPSA) is 40.5 Å². The Kier molecular flexibility index (Phi) is 6.31. The van der Waals surface area contributed by atoms with Crippen molar-refractivity contribution in [1.82, 2.24) is 15.3 Å². The maximum atomic E-state index is 6.76. The molecule has 1 aliphatic rings. The van der Waals surface area contributed by atoms with E-state index in [0.29, 0.717) is 23.2 Å². The molecule has 1 aliphatic heterocycles. The molecule has 34 heavy (non-hydrogen) atoms. The summed E-state index contributed by atoms with van der Waals surface area (Å²) in [7, 11) is 0. The van der Waals surface area contributed by atoms with Crippen LogP contribution < -0.4 is 5.32 Å². The quantitative estimate of drug-likeness (QED) is 0.257. The lowest BCUT2D eigenvalue weighted by Crippen LogP contribution is -2.36. The number of fused-ring (bicyclic) bond motifs is 1. The third-order valence-electron chi connectivity index (χ3n) is 6.14. The second-order valence-electron chi connectivity index (χ2n) is 8.64. The van der Waals surface area contributed by atoms with E-state index >= 15 is 0 Å². The van der Waals surface area contributed by atoms with Crippen LogP contribution in [0.3, 0.4) is 0 Å². The van der Waals surface area contributed by atoms with Crippen LogP contribution >= 0.6 is 23.8 Å². The van der Waals surface area contributed by atoms with Crippen LogP contribution in [-0.2, 0) is 6.54 Å². The second-order valence-corrected chi connectivity index (χ2v) is 9.38. The Morgan fingerprint density at radius 1 is 1.03 bits per heavy atom. The molecule has 0 bridgehead atoms. The summed E-state index contributed by atoms with van der Waals surface area (Å²) in [5.74, 6) is 0. The van der Waals surface area contributed by atoms with Crippen molar-refractivity contribution in [2.75, 3.05) is 0 Å². The number of hydrogen-bond donors (Lipinski definition) is 1. The molecule has 0 amide bonds. The van der Waals surface area contributed by atoms with Crippen LogP contribution in [0, 0.1) is 13.8 Å². The zero-order valence-corrected chi connectivity index (χ0v) is 20.7. The molecule has 170 valence electrons. The van der Waals surface area contributed by atoms with Gasteiger partial charge in [-0.3, -0.25) is 0 Å². The molecule has 0 spiro atoms. The zero-order chi connectivity index (χ0) is 23.7. The van der Waals surface area contributed by atoms with E-state index in [2.05, 4.69) is 73.8 Å². The minimum absolute atomic E-state index is 0.142. The van der Waals surface area contributed by atoms with Gasteiger partial charge < -0.3 is 5.32 Å². The number of thiocarbonyl (C=S) groups is 1. The minimum atomic E-state index is -0.142. The molecule has 0 fully saturated rings. The van der Waals surface area contributed by atoms with Gasteiger partial charge in [-0.15, -0.1) is 0 Å². The molecular weight excluding hydrogens is 460 g/mol. The summed E-state index contributed by atoms with van der Waals surface area (Å²) in [5.41, 5.74) is 7.38. The van der Waals surface area contributed by atoms with Gasteiger partial charge in [0.25, 0.3) is 0 Å². The lowest BCUT2D eigenvalue weighted by molar-refractivity contribution is 0.363. The number of nitrogens with one attached hydrogen (secondary N) is 1. The molecule has 0 radical (unpaired) electrons. The number of para-hydroxylation sites is 1. The number of aromatic nitrogens is 1. The van der Waals surface area contributed by atoms with E-state index in [9.17, 15) is 0 Å². The molecule has 4 nitrogen and oxygen atoms in total. The number of rotatable bonds is 4. The molecule has 5 rings (SSSR count). The summed E-state index contributed by atoms with van der Waals surface area (Å²) in [6, 6.07) is 26.8.